The highest BCUT2D eigenvalue weighted by atomic mass is 16.5. The van der Waals surface area contributed by atoms with Crippen molar-refractivity contribution in [3.05, 3.63) is 36.4 Å². The molecule has 1 aliphatic rings. The third kappa shape index (κ3) is 4.95. The van der Waals surface area contributed by atoms with Crippen LogP contribution in [0.5, 0.6) is 11.5 Å². The summed E-state index contributed by atoms with van der Waals surface area (Å²) in [5, 5.41) is 2.94. The highest BCUT2D eigenvalue weighted by molar-refractivity contribution is 5.90. The Kier molecular flexibility index (Phi) is 6.76. The third-order valence-electron chi connectivity index (χ3n) is 5.04. The fraction of sp³-hybridized carbons (Fsp3) is 0.500. The van der Waals surface area contributed by atoms with Gasteiger partial charge in [0.15, 0.2) is 0 Å². The molecule has 1 saturated heterocycles. The summed E-state index contributed by atoms with van der Waals surface area (Å²) in [6.07, 6.45) is 4.83. The molecular weight excluding hydrogens is 358 g/mol. The minimum atomic E-state index is -0.0992. The summed E-state index contributed by atoms with van der Waals surface area (Å²) in [6, 6.07) is 5.25. The molecule has 0 radical (unpaired) electrons. The fourth-order valence-electron chi connectivity index (χ4n) is 3.36. The molecule has 2 heterocycles. The number of rotatable bonds is 7. The number of aromatic nitrogens is 2. The predicted molar refractivity (Wildman–Crippen MR) is 108 cm³/mol. The van der Waals surface area contributed by atoms with E-state index in [0.717, 1.165) is 38.4 Å². The number of urea groups is 1. The summed E-state index contributed by atoms with van der Waals surface area (Å²) < 4.78 is 12.7. The monoisotopic (exact) mass is 387 g/mol. The van der Waals surface area contributed by atoms with Crippen molar-refractivity contribution in [3.8, 4) is 11.5 Å². The second-order valence-electron chi connectivity index (χ2n) is 6.75. The van der Waals surface area contributed by atoms with Crippen LogP contribution in [0.3, 0.4) is 0 Å². The SMILES string of the molecule is CCc1nccn1CCN1CCN(C(=O)Nc2cc(OC)cc(OC)c2)CC1. The molecule has 0 unspecified atom stereocenters. The molecule has 2 amide bonds. The Bertz CT molecular complexity index is 762. The van der Waals surface area contributed by atoms with Gasteiger partial charge in [0, 0.05) is 82.0 Å². The van der Waals surface area contributed by atoms with Crippen molar-refractivity contribution in [2.75, 3.05) is 52.3 Å². The van der Waals surface area contributed by atoms with Crippen LogP contribution >= 0.6 is 0 Å². The van der Waals surface area contributed by atoms with E-state index in [4.69, 9.17) is 9.47 Å². The first kappa shape index (κ1) is 20.0. The van der Waals surface area contributed by atoms with E-state index in [1.54, 1.807) is 32.4 Å². The van der Waals surface area contributed by atoms with Crippen LogP contribution < -0.4 is 14.8 Å². The normalized spacial score (nSPS) is 14.8. The molecule has 1 aromatic heterocycles. The van der Waals surface area contributed by atoms with Crippen molar-refractivity contribution in [2.24, 2.45) is 0 Å². The average molecular weight is 387 g/mol. The minimum absolute atomic E-state index is 0.0992. The average Bonchev–Trinajstić information content (AvgIpc) is 3.19. The van der Waals surface area contributed by atoms with Gasteiger partial charge in [0.1, 0.15) is 17.3 Å². The number of aryl methyl sites for hydroxylation is 1. The second-order valence-corrected chi connectivity index (χ2v) is 6.75. The van der Waals surface area contributed by atoms with Crippen molar-refractivity contribution in [2.45, 2.75) is 19.9 Å². The van der Waals surface area contributed by atoms with E-state index in [0.29, 0.717) is 30.3 Å². The predicted octanol–water partition coefficient (Wildman–Crippen LogP) is 2.31. The maximum Gasteiger partial charge on any atom is 0.321 e. The van der Waals surface area contributed by atoms with E-state index in [1.165, 1.54) is 0 Å². The Morgan fingerprint density at radius 3 is 2.36 bits per heavy atom. The first-order valence-electron chi connectivity index (χ1n) is 9.64. The lowest BCUT2D eigenvalue weighted by molar-refractivity contribution is 0.144. The summed E-state index contributed by atoms with van der Waals surface area (Å²) >= 11 is 0. The lowest BCUT2D eigenvalue weighted by atomic mass is 10.2. The number of methoxy groups -OCH3 is 2. The summed E-state index contributed by atoms with van der Waals surface area (Å²) in [6.45, 7) is 7.16. The molecule has 0 atom stereocenters. The van der Waals surface area contributed by atoms with Crippen LogP contribution in [-0.4, -0.2) is 72.3 Å². The van der Waals surface area contributed by atoms with Gasteiger partial charge in [-0.25, -0.2) is 9.78 Å². The second kappa shape index (κ2) is 9.45. The Morgan fingerprint density at radius 1 is 1.07 bits per heavy atom. The number of carbonyl (C=O) groups excluding carboxylic acids is 1. The number of amides is 2. The van der Waals surface area contributed by atoms with Gasteiger partial charge in [-0.05, 0) is 0 Å². The highest BCUT2D eigenvalue weighted by Crippen LogP contribution is 2.26. The number of nitrogens with zero attached hydrogens (tertiary/aromatic N) is 4. The van der Waals surface area contributed by atoms with Gasteiger partial charge >= 0.3 is 6.03 Å². The molecule has 8 nitrogen and oxygen atoms in total. The van der Waals surface area contributed by atoms with Crippen LogP contribution in [0, 0.1) is 0 Å². The Morgan fingerprint density at radius 2 is 1.75 bits per heavy atom. The molecule has 0 spiro atoms. The first-order chi connectivity index (χ1) is 13.6. The molecule has 8 heteroatoms. The zero-order valence-electron chi connectivity index (χ0n) is 16.9. The zero-order valence-corrected chi connectivity index (χ0v) is 16.9. The maximum absolute atomic E-state index is 12.6. The van der Waals surface area contributed by atoms with Gasteiger partial charge in [-0.2, -0.15) is 0 Å². The number of benzene rings is 1. The van der Waals surface area contributed by atoms with Crippen LogP contribution in [-0.2, 0) is 13.0 Å². The van der Waals surface area contributed by atoms with Gasteiger partial charge in [0.25, 0.3) is 0 Å². The quantitative estimate of drug-likeness (QED) is 0.789. The van der Waals surface area contributed by atoms with Crippen LogP contribution in [0.2, 0.25) is 0 Å². The molecule has 28 heavy (non-hydrogen) atoms. The van der Waals surface area contributed by atoms with Crippen LogP contribution in [0.4, 0.5) is 10.5 Å². The molecule has 1 fully saturated rings. The Labute approximate surface area is 166 Å². The van der Waals surface area contributed by atoms with Crippen LogP contribution in [0.15, 0.2) is 30.6 Å². The molecular formula is C20H29N5O3. The number of piperazine rings is 1. The first-order valence-corrected chi connectivity index (χ1v) is 9.64. The molecule has 1 aliphatic heterocycles. The molecule has 0 bridgehead atoms. The maximum atomic E-state index is 12.6. The standard InChI is InChI=1S/C20H29N5O3/c1-4-19-21-5-6-24(19)10-7-23-8-11-25(12-9-23)20(26)22-16-13-17(27-2)15-18(14-16)28-3/h5-6,13-15H,4,7-12H2,1-3H3,(H,22,26). The van der Waals surface area contributed by atoms with E-state index in [9.17, 15) is 4.79 Å². The Hall–Kier alpha value is -2.74. The molecule has 1 N–H and O–H groups in total. The van der Waals surface area contributed by atoms with Crippen LogP contribution in [0.1, 0.15) is 12.7 Å². The third-order valence-corrected chi connectivity index (χ3v) is 5.04. The molecule has 1 aromatic carbocycles. The van der Waals surface area contributed by atoms with Crippen molar-refractivity contribution in [3.63, 3.8) is 0 Å². The number of imidazole rings is 1. The molecule has 152 valence electrons. The van der Waals surface area contributed by atoms with Gasteiger partial charge in [-0.15, -0.1) is 0 Å². The van der Waals surface area contributed by atoms with E-state index in [-0.39, 0.29) is 6.03 Å². The number of anilines is 1. The van der Waals surface area contributed by atoms with Gasteiger partial charge in [0.2, 0.25) is 0 Å². The van der Waals surface area contributed by atoms with Gasteiger partial charge < -0.3 is 24.3 Å². The van der Waals surface area contributed by atoms with Crippen molar-refractivity contribution in [1.82, 2.24) is 19.4 Å². The van der Waals surface area contributed by atoms with E-state index < -0.39 is 0 Å². The lowest BCUT2D eigenvalue weighted by Crippen LogP contribution is -2.50. The number of ether oxygens (including phenoxy) is 2. The number of hydrogen-bond donors (Lipinski definition) is 1. The summed E-state index contributed by atoms with van der Waals surface area (Å²) in [5.74, 6) is 2.41. The molecule has 0 saturated carbocycles. The van der Waals surface area contributed by atoms with Gasteiger partial charge in [0.05, 0.1) is 14.2 Å². The fourth-order valence-corrected chi connectivity index (χ4v) is 3.36. The summed E-state index contributed by atoms with van der Waals surface area (Å²) in [7, 11) is 3.18. The van der Waals surface area contributed by atoms with E-state index >= 15 is 0 Å². The summed E-state index contributed by atoms with van der Waals surface area (Å²) in [5.41, 5.74) is 0.663. The molecule has 0 aliphatic carbocycles. The topological polar surface area (TPSA) is 71.9 Å². The Balaban J connectivity index is 1.48. The van der Waals surface area contributed by atoms with Gasteiger partial charge in [-0.1, -0.05) is 6.92 Å². The minimum Gasteiger partial charge on any atom is -0.497 e. The largest absolute Gasteiger partial charge is 0.497 e. The number of nitrogens with one attached hydrogen (secondary N) is 1. The molecule has 2 aromatic rings. The van der Waals surface area contributed by atoms with E-state index in [1.807, 2.05) is 17.3 Å². The highest BCUT2D eigenvalue weighted by Gasteiger charge is 2.21. The van der Waals surface area contributed by atoms with Crippen molar-refractivity contribution >= 4 is 11.7 Å². The number of carbonyl (C=O) groups is 1. The van der Waals surface area contributed by atoms with E-state index in [2.05, 4.69) is 26.7 Å². The van der Waals surface area contributed by atoms with Crippen molar-refractivity contribution < 1.29 is 14.3 Å². The molecule has 3 rings (SSSR count). The smallest absolute Gasteiger partial charge is 0.321 e. The van der Waals surface area contributed by atoms with Crippen LogP contribution in [0.25, 0.3) is 0 Å². The zero-order chi connectivity index (χ0) is 19.9. The van der Waals surface area contributed by atoms with Gasteiger partial charge in [-0.3, -0.25) is 4.90 Å². The summed E-state index contributed by atoms with van der Waals surface area (Å²) in [4.78, 5) is 21.2. The lowest BCUT2D eigenvalue weighted by Gasteiger charge is -2.34. The number of hydrogen-bond acceptors (Lipinski definition) is 5. The van der Waals surface area contributed by atoms with Crippen molar-refractivity contribution in [1.29, 1.82) is 0 Å².